The number of aromatic amines is 1. The van der Waals surface area contributed by atoms with E-state index in [9.17, 15) is 4.39 Å². The number of nitrogens with one attached hydrogen (secondary N) is 1. The summed E-state index contributed by atoms with van der Waals surface area (Å²) in [4.78, 5) is 7.66. The maximum Gasteiger partial charge on any atom is 0.138 e. The molecule has 0 aliphatic carbocycles. The smallest absolute Gasteiger partial charge is 0.138 e. The van der Waals surface area contributed by atoms with E-state index in [1.807, 2.05) is 18.2 Å². The van der Waals surface area contributed by atoms with Gasteiger partial charge in [-0.15, -0.1) is 0 Å². The Morgan fingerprint density at radius 2 is 1.94 bits per heavy atom. The predicted octanol–water partition coefficient (Wildman–Crippen LogP) is 4.89. The van der Waals surface area contributed by atoms with Gasteiger partial charge in [-0.25, -0.2) is 9.37 Å². The zero-order chi connectivity index (χ0) is 12.7. The van der Waals surface area contributed by atoms with Gasteiger partial charge in [0.05, 0.1) is 5.52 Å². The average molecular weight is 370 g/mol. The Labute approximate surface area is 119 Å². The minimum atomic E-state index is -0.270. The molecule has 0 fully saturated rings. The van der Waals surface area contributed by atoms with Crippen LogP contribution in [0.5, 0.6) is 0 Å². The zero-order valence-electron chi connectivity index (χ0n) is 9.05. The first-order valence-electron chi connectivity index (χ1n) is 5.24. The standard InChI is InChI=1S/C13H7Br2FN2/c14-8-5-10(15)12-11(6-8)17-13(18-12)7-2-1-3-9(16)4-7/h1-6H,(H,17,18). The van der Waals surface area contributed by atoms with Gasteiger partial charge in [0.25, 0.3) is 0 Å². The molecule has 0 atom stereocenters. The van der Waals surface area contributed by atoms with Crippen molar-refractivity contribution in [1.82, 2.24) is 9.97 Å². The summed E-state index contributed by atoms with van der Waals surface area (Å²) >= 11 is 6.88. The molecule has 18 heavy (non-hydrogen) atoms. The molecule has 2 nitrogen and oxygen atoms in total. The van der Waals surface area contributed by atoms with Crippen molar-refractivity contribution >= 4 is 42.9 Å². The molecule has 0 saturated heterocycles. The second kappa shape index (κ2) is 4.48. The maximum absolute atomic E-state index is 13.2. The quantitative estimate of drug-likeness (QED) is 0.649. The lowest BCUT2D eigenvalue weighted by Gasteiger charge is -1.95. The number of halogens is 3. The fraction of sp³-hybridized carbons (Fsp3) is 0. The van der Waals surface area contributed by atoms with Gasteiger partial charge in [-0.3, -0.25) is 0 Å². The molecule has 1 heterocycles. The van der Waals surface area contributed by atoms with Crippen molar-refractivity contribution in [2.24, 2.45) is 0 Å². The summed E-state index contributed by atoms with van der Waals surface area (Å²) in [5.41, 5.74) is 2.46. The number of benzene rings is 2. The molecule has 1 N–H and O–H groups in total. The molecule has 2 aromatic carbocycles. The van der Waals surface area contributed by atoms with Crippen LogP contribution in [0, 0.1) is 5.82 Å². The van der Waals surface area contributed by atoms with Crippen molar-refractivity contribution in [3.8, 4) is 11.4 Å². The van der Waals surface area contributed by atoms with Gasteiger partial charge >= 0.3 is 0 Å². The van der Waals surface area contributed by atoms with E-state index < -0.39 is 0 Å². The van der Waals surface area contributed by atoms with E-state index in [2.05, 4.69) is 41.8 Å². The predicted molar refractivity (Wildman–Crippen MR) is 76.9 cm³/mol. The normalized spacial score (nSPS) is 11.1. The number of aromatic nitrogens is 2. The fourth-order valence-electron chi connectivity index (χ4n) is 1.81. The van der Waals surface area contributed by atoms with Crippen LogP contribution < -0.4 is 0 Å². The summed E-state index contributed by atoms with van der Waals surface area (Å²) in [5, 5.41) is 0. The van der Waals surface area contributed by atoms with E-state index in [-0.39, 0.29) is 5.82 Å². The highest BCUT2D eigenvalue weighted by Crippen LogP contribution is 2.29. The molecule has 0 bridgehead atoms. The molecular weight excluding hydrogens is 363 g/mol. The molecule has 3 rings (SSSR count). The van der Waals surface area contributed by atoms with Crippen LogP contribution in [0.3, 0.4) is 0 Å². The zero-order valence-corrected chi connectivity index (χ0v) is 12.2. The Kier molecular flexibility index (Phi) is 2.95. The maximum atomic E-state index is 13.2. The van der Waals surface area contributed by atoms with Gasteiger partial charge in [-0.2, -0.15) is 0 Å². The third-order valence-electron chi connectivity index (χ3n) is 2.60. The van der Waals surface area contributed by atoms with Crippen molar-refractivity contribution in [1.29, 1.82) is 0 Å². The first-order chi connectivity index (χ1) is 8.63. The summed E-state index contributed by atoms with van der Waals surface area (Å²) < 4.78 is 15.0. The molecule has 0 amide bonds. The fourth-order valence-corrected chi connectivity index (χ4v) is 3.13. The van der Waals surface area contributed by atoms with Crippen LogP contribution in [0.2, 0.25) is 0 Å². The van der Waals surface area contributed by atoms with Gasteiger partial charge in [0.15, 0.2) is 0 Å². The van der Waals surface area contributed by atoms with Crippen molar-refractivity contribution < 1.29 is 4.39 Å². The van der Waals surface area contributed by atoms with Crippen LogP contribution in [0.15, 0.2) is 45.3 Å². The van der Waals surface area contributed by atoms with Gasteiger partial charge in [-0.1, -0.05) is 28.1 Å². The molecule has 90 valence electrons. The lowest BCUT2D eigenvalue weighted by atomic mass is 10.2. The van der Waals surface area contributed by atoms with E-state index in [1.54, 1.807) is 6.07 Å². The number of imidazole rings is 1. The minimum absolute atomic E-state index is 0.270. The number of hydrogen-bond donors (Lipinski definition) is 1. The topological polar surface area (TPSA) is 28.7 Å². The highest BCUT2D eigenvalue weighted by Gasteiger charge is 2.09. The molecular formula is C13H7Br2FN2. The number of H-pyrrole nitrogens is 1. The van der Waals surface area contributed by atoms with Crippen molar-refractivity contribution in [3.63, 3.8) is 0 Å². The average Bonchev–Trinajstić information content (AvgIpc) is 2.73. The molecule has 5 heteroatoms. The van der Waals surface area contributed by atoms with E-state index >= 15 is 0 Å². The molecule has 0 saturated carbocycles. The van der Waals surface area contributed by atoms with Crippen LogP contribution in [0.1, 0.15) is 0 Å². The van der Waals surface area contributed by atoms with Gasteiger partial charge in [0, 0.05) is 14.5 Å². The third-order valence-corrected chi connectivity index (χ3v) is 3.67. The SMILES string of the molecule is Fc1cccc(-c2nc3c(Br)cc(Br)cc3[nH]2)c1. The summed E-state index contributed by atoms with van der Waals surface area (Å²) in [6.45, 7) is 0. The molecule has 0 aliphatic rings. The summed E-state index contributed by atoms with van der Waals surface area (Å²) in [6.07, 6.45) is 0. The molecule has 3 aromatic rings. The number of hydrogen-bond acceptors (Lipinski definition) is 1. The first-order valence-corrected chi connectivity index (χ1v) is 6.83. The van der Waals surface area contributed by atoms with Gasteiger partial charge in [0.2, 0.25) is 0 Å². The number of rotatable bonds is 1. The second-order valence-corrected chi connectivity index (χ2v) is 5.65. The summed E-state index contributed by atoms with van der Waals surface area (Å²) in [6, 6.07) is 10.2. The van der Waals surface area contributed by atoms with Crippen LogP contribution in [0.4, 0.5) is 4.39 Å². The molecule has 0 spiro atoms. The Hall–Kier alpha value is -1.20. The number of nitrogens with zero attached hydrogens (tertiary/aromatic N) is 1. The van der Waals surface area contributed by atoms with Gasteiger partial charge < -0.3 is 4.98 Å². The Bertz CT molecular complexity index is 737. The van der Waals surface area contributed by atoms with E-state index in [0.29, 0.717) is 5.82 Å². The van der Waals surface area contributed by atoms with Crippen LogP contribution in [-0.4, -0.2) is 9.97 Å². The third kappa shape index (κ3) is 2.08. The van der Waals surface area contributed by atoms with Gasteiger partial charge in [0.1, 0.15) is 17.2 Å². The lowest BCUT2D eigenvalue weighted by Crippen LogP contribution is -1.81. The summed E-state index contributed by atoms with van der Waals surface area (Å²) in [5.74, 6) is 0.386. The van der Waals surface area contributed by atoms with Crippen LogP contribution >= 0.6 is 31.9 Å². The van der Waals surface area contributed by atoms with Crippen LogP contribution in [-0.2, 0) is 0 Å². The van der Waals surface area contributed by atoms with Crippen molar-refractivity contribution in [2.75, 3.05) is 0 Å². The Morgan fingerprint density at radius 3 is 2.72 bits per heavy atom. The van der Waals surface area contributed by atoms with E-state index in [4.69, 9.17) is 0 Å². The van der Waals surface area contributed by atoms with Gasteiger partial charge in [-0.05, 0) is 40.2 Å². The van der Waals surface area contributed by atoms with Crippen molar-refractivity contribution in [3.05, 3.63) is 51.2 Å². The highest BCUT2D eigenvalue weighted by atomic mass is 79.9. The highest BCUT2D eigenvalue weighted by molar-refractivity contribution is 9.11. The molecule has 0 unspecified atom stereocenters. The van der Waals surface area contributed by atoms with Crippen LogP contribution in [0.25, 0.3) is 22.4 Å². The van der Waals surface area contributed by atoms with E-state index in [0.717, 1.165) is 25.5 Å². The molecule has 0 radical (unpaired) electrons. The van der Waals surface area contributed by atoms with Crippen molar-refractivity contribution in [2.45, 2.75) is 0 Å². The minimum Gasteiger partial charge on any atom is -0.338 e. The Morgan fingerprint density at radius 1 is 1.11 bits per heavy atom. The lowest BCUT2D eigenvalue weighted by molar-refractivity contribution is 0.628. The largest absolute Gasteiger partial charge is 0.338 e. The van der Waals surface area contributed by atoms with E-state index in [1.165, 1.54) is 12.1 Å². The Balaban J connectivity index is 2.22. The molecule has 0 aliphatic heterocycles. The molecule has 1 aromatic heterocycles. The number of fused-ring (bicyclic) bond motifs is 1. The monoisotopic (exact) mass is 368 g/mol. The first kappa shape index (κ1) is 11.9. The summed E-state index contributed by atoms with van der Waals surface area (Å²) in [7, 11) is 0. The second-order valence-electron chi connectivity index (χ2n) is 3.88.